The van der Waals surface area contributed by atoms with Crippen molar-refractivity contribution in [2.24, 2.45) is 5.73 Å². The van der Waals surface area contributed by atoms with Crippen molar-refractivity contribution in [3.8, 4) is 0 Å². The molecule has 0 spiro atoms. The summed E-state index contributed by atoms with van der Waals surface area (Å²) in [6.45, 7) is 0.717. The monoisotopic (exact) mass is 303 g/mol. The summed E-state index contributed by atoms with van der Waals surface area (Å²) in [5, 5.41) is 0. The number of nitrogens with two attached hydrogens (primary N) is 1. The topological polar surface area (TPSA) is 42.2 Å². The van der Waals surface area contributed by atoms with Gasteiger partial charge in [0.1, 0.15) is 4.99 Å². The van der Waals surface area contributed by atoms with Gasteiger partial charge in [-0.2, -0.15) is 0 Å². The number of hydrogen-bond donors (Lipinski definition) is 1. The standard InChI is InChI=1S/C15H17N3S2/c1-18(10-11-6-3-4-9-17-11)12-7-5-8-13(20-2)14(12)15(16)19/h3-9H,10H2,1-2H3,(H2,16,19). The second-order valence-corrected chi connectivity index (χ2v) is 5.68. The number of thiocarbonyl (C=S) groups is 1. The van der Waals surface area contributed by atoms with Gasteiger partial charge in [0.05, 0.1) is 12.2 Å². The van der Waals surface area contributed by atoms with E-state index in [1.807, 2.05) is 49.7 Å². The van der Waals surface area contributed by atoms with Crippen molar-refractivity contribution in [2.75, 3.05) is 18.2 Å². The Morgan fingerprint density at radius 1 is 1.30 bits per heavy atom. The summed E-state index contributed by atoms with van der Waals surface area (Å²) in [4.78, 5) is 8.00. The summed E-state index contributed by atoms with van der Waals surface area (Å²) >= 11 is 6.86. The van der Waals surface area contributed by atoms with Crippen LogP contribution in [-0.2, 0) is 6.54 Å². The van der Waals surface area contributed by atoms with Crippen LogP contribution in [0.2, 0.25) is 0 Å². The molecule has 0 saturated heterocycles. The third-order valence-corrected chi connectivity index (χ3v) is 3.99. The van der Waals surface area contributed by atoms with Gasteiger partial charge in [0, 0.05) is 29.4 Å². The first kappa shape index (κ1) is 14.8. The van der Waals surface area contributed by atoms with Crippen LogP contribution in [0.1, 0.15) is 11.3 Å². The molecule has 2 N–H and O–H groups in total. The van der Waals surface area contributed by atoms with Crippen LogP contribution in [0.25, 0.3) is 0 Å². The molecule has 1 aromatic heterocycles. The maximum Gasteiger partial charge on any atom is 0.107 e. The summed E-state index contributed by atoms with van der Waals surface area (Å²) in [7, 11) is 2.02. The second kappa shape index (κ2) is 6.72. The minimum Gasteiger partial charge on any atom is -0.389 e. The fourth-order valence-electron chi connectivity index (χ4n) is 2.08. The van der Waals surface area contributed by atoms with Crippen LogP contribution < -0.4 is 10.6 Å². The van der Waals surface area contributed by atoms with E-state index in [-0.39, 0.29) is 0 Å². The molecule has 104 valence electrons. The number of rotatable bonds is 5. The molecule has 0 fully saturated rings. The summed E-state index contributed by atoms with van der Waals surface area (Å²) < 4.78 is 0. The fraction of sp³-hybridized carbons (Fsp3) is 0.200. The Balaban J connectivity index is 2.34. The average Bonchev–Trinajstić information content (AvgIpc) is 2.47. The number of thioether (sulfide) groups is 1. The summed E-state index contributed by atoms with van der Waals surface area (Å²) in [5.41, 5.74) is 8.89. The Hall–Kier alpha value is -1.59. The first-order valence-corrected chi connectivity index (χ1v) is 7.84. The maximum absolute atomic E-state index is 5.90. The smallest absolute Gasteiger partial charge is 0.107 e. The van der Waals surface area contributed by atoms with Crippen molar-refractivity contribution < 1.29 is 0 Å². The van der Waals surface area contributed by atoms with Crippen molar-refractivity contribution in [3.63, 3.8) is 0 Å². The predicted molar refractivity (Wildman–Crippen MR) is 90.5 cm³/mol. The van der Waals surface area contributed by atoms with Crippen LogP contribution in [0.4, 0.5) is 5.69 Å². The van der Waals surface area contributed by atoms with Gasteiger partial charge < -0.3 is 10.6 Å². The summed E-state index contributed by atoms with van der Waals surface area (Å²) in [5.74, 6) is 0. The Kier molecular flexibility index (Phi) is 4.98. The largest absolute Gasteiger partial charge is 0.389 e. The van der Waals surface area contributed by atoms with Crippen molar-refractivity contribution in [1.29, 1.82) is 0 Å². The number of aromatic nitrogens is 1. The molecule has 2 aromatic rings. The average molecular weight is 303 g/mol. The first-order valence-electron chi connectivity index (χ1n) is 6.21. The van der Waals surface area contributed by atoms with Crippen LogP contribution in [0.5, 0.6) is 0 Å². The number of pyridine rings is 1. The number of anilines is 1. The molecule has 0 aliphatic heterocycles. The number of nitrogens with zero attached hydrogens (tertiary/aromatic N) is 2. The van der Waals surface area contributed by atoms with Gasteiger partial charge in [-0.1, -0.05) is 24.4 Å². The van der Waals surface area contributed by atoms with Crippen molar-refractivity contribution >= 4 is 34.7 Å². The summed E-state index contributed by atoms with van der Waals surface area (Å²) in [6, 6.07) is 12.0. The lowest BCUT2D eigenvalue weighted by Gasteiger charge is -2.23. The zero-order valence-electron chi connectivity index (χ0n) is 11.5. The van der Waals surface area contributed by atoms with Gasteiger partial charge in [0.2, 0.25) is 0 Å². The molecule has 0 amide bonds. The van der Waals surface area contributed by atoms with Gasteiger partial charge in [-0.05, 0) is 30.5 Å². The molecule has 0 radical (unpaired) electrons. The van der Waals surface area contributed by atoms with E-state index in [1.165, 1.54) is 0 Å². The van der Waals surface area contributed by atoms with Gasteiger partial charge in [-0.25, -0.2) is 0 Å². The van der Waals surface area contributed by atoms with E-state index in [1.54, 1.807) is 18.0 Å². The van der Waals surface area contributed by atoms with Crippen LogP contribution in [0, 0.1) is 0 Å². The fourth-order valence-corrected chi connectivity index (χ4v) is 2.99. The molecule has 0 unspecified atom stereocenters. The molecule has 0 bridgehead atoms. The van der Waals surface area contributed by atoms with Gasteiger partial charge in [0.25, 0.3) is 0 Å². The maximum atomic E-state index is 5.90. The molecule has 1 heterocycles. The number of benzene rings is 1. The van der Waals surface area contributed by atoms with Crippen LogP contribution in [-0.4, -0.2) is 23.3 Å². The molecule has 0 aliphatic carbocycles. The second-order valence-electron chi connectivity index (χ2n) is 4.40. The van der Waals surface area contributed by atoms with E-state index in [9.17, 15) is 0 Å². The molecule has 0 aliphatic rings. The van der Waals surface area contributed by atoms with Gasteiger partial charge in [-0.15, -0.1) is 11.8 Å². The lowest BCUT2D eigenvalue weighted by molar-refractivity contribution is 0.882. The molecule has 2 rings (SSSR count). The summed E-state index contributed by atoms with van der Waals surface area (Å²) in [6.07, 6.45) is 3.83. The number of hydrogen-bond acceptors (Lipinski definition) is 4. The Morgan fingerprint density at radius 3 is 2.70 bits per heavy atom. The molecular formula is C15H17N3S2. The normalized spacial score (nSPS) is 10.3. The zero-order chi connectivity index (χ0) is 14.5. The van der Waals surface area contributed by atoms with Crippen molar-refractivity contribution in [3.05, 3.63) is 53.9 Å². The highest BCUT2D eigenvalue weighted by atomic mass is 32.2. The zero-order valence-corrected chi connectivity index (χ0v) is 13.2. The van der Waals surface area contributed by atoms with E-state index in [2.05, 4.69) is 9.88 Å². The lowest BCUT2D eigenvalue weighted by Crippen LogP contribution is -2.22. The van der Waals surface area contributed by atoms with Crippen molar-refractivity contribution in [1.82, 2.24) is 4.98 Å². The molecule has 0 saturated carbocycles. The van der Waals surface area contributed by atoms with E-state index in [4.69, 9.17) is 18.0 Å². The van der Waals surface area contributed by atoms with Crippen LogP contribution >= 0.6 is 24.0 Å². The molecule has 5 heteroatoms. The molecule has 3 nitrogen and oxygen atoms in total. The highest BCUT2D eigenvalue weighted by Crippen LogP contribution is 2.29. The predicted octanol–water partition coefficient (Wildman–Crippen LogP) is 3.07. The van der Waals surface area contributed by atoms with Crippen molar-refractivity contribution in [2.45, 2.75) is 11.4 Å². The minimum absolute atomic E-state index is 0.429. The van der Waals surface area contributed by atoms with E-state index >= 15 is 0 Å². The Morgan fingerprint density at radius 2 is 2.10 bits per heavy atom. The molecular weight excluding hydrogens is 286 g/mol. The quantitative estimate of drug-likeness (QED) is 0.679. The van der Waals surface area contributed by atoms with Gasteiger partial charge >= 0.3 is 0 Å². The molecule has 0 atom stereocenters. The van der Waals surface area contributed by atoms with E-state index in [0.717, 1.165) is 21.8 Å². The van der Waals surface area contributed by atoms with Gasteiger partial charge in [-0.3, -0.25) is 4.98 Å². The van der Waals surface area contributed by atoms with E-state index in [0.29, 0.717) is 11.5 Å². The van der Waals surface area contributed by atoms with E-state index < -0.39 is 0 Å². The third-order valence-electron chi connectivity index (χ3n) is 3.01. The molecule has 1 aromatic carbocycles. The first-order chi connectivity index (χ1) is 9.63. The SMILES string of the molecule is CSc1cccc(N(C)Cc2ccccn2)c1C(N)=S. The third kappa shape index (κ3) is 3.29. The highest BCUT2D eigenvalue weighted by Gasteiger charge is 2.14. The minimum atomic E-state index is 0.429. The highest BCUT2D eigenvalue weighted by molar-refractivity contribution is 7.98. The lowest BCUT2D eigenvalue weighted by atomic mass is 10.1. The Labute approximate surface area is 129 Å². The van der Waals surface area contributed by atoms with Crippen LogP contribution in [0.15, 0.2) is 47.5 Å². The van der Waals surface area contributed by atoms with Crippen LogP contribution in [0.3, 0.4) is 0 Å². The van der Waals surface area contributed by atoms with Gasteiger partial charge in [0.15, 0.2) is 0 Å². The Bertz CT molecular complexity index is 599. The molecule has 20 heavy (non-hydrogen) atoms.